The van der Waals surface area contributed by atoms with Gasteiger partial charge in [0.25, 0.3) is 0 Å². The highest BCUT2D eigenvalue weighted by molar-refractivity contribution is 5.88. The van der Waals surface area contributed by atoms with Gasteiger partial charge in [-0.1, -0.05) is 71.9 Å². The van der Waals surface area contributed by atoms with E-state index < -0.39 is 5.97 Å². The summed E-state index contributed by atoms with van der Waals surface area (Å²) in [7, 11) is 0. The van der Waals surface area contributed by atoms with Crippen LogP contribution in [0.3, 0.4) is 0 Å². The first kappa shape index (κ1) is 35.0. The minimum Gasteiger partial charge on any atom is -0.478 e. The van der Waals surface area contributed by atoms with Crippen molar-refractivity contribution in [2.45, 2.75) is 119 Å². The molecule has 1 amide bonds. The van der Waals surface area contributed by atoms with E-state index in [1.165, 1.54) is 68.1 Å². The van der Waals surface area contributed by atoms with Crippen LogP contribution < -0.4 is 5.32 Å². The Bertz CT molecular complexity index is 1510. The van der Waals surface area contributed by atoms with Crippen LogP contribution in [0.2, 0.25) is 0 Å². The summed E-state index contributed by atoms with van der Waals surface area (Å²) >= 11 is 0. The van der Waals surface area contributed by atoms with Crippen LogP contribution in [-0.4, -0.2) is 48.1 Å². The molecule has 1 heterocycles. The molecule has 0 spiro atoms. The van der Waals surface area contributed by atoms with E-state index in [0.717, 1.165) is 57.8 Å². The fourth-order valence-corrected chi connectivity index (χ4v) is 14.1. The number of carbonyl (C=O) groups is 2. The van der Waals surface area contributed by atoms with Crippen molar-refractivity contribution in [3.63, 3.8) is 0 Å². The summed E-state index contributed by atoms with van der Waals surface area (Å²) in [6.45, 7) is 23.9. The van der Waals surface area contributed by atoms with Gasteiger partial charge < -0.3 is 15.3 Å². The number of fused-ring (bicyclic) bond motifs is 7. The number of benzene rings is 1. The SMILES string of the molecule is C=C(CC)[C@@H]1CC[C@]2(CNCCN3CCCC3=O)CC[C@]3(C)[C@H](CC[C@@H]4[C@@]5(C)CC=C(c6ccc(C(=O)O)cc6)C(C)(C)[C@@H]5CC[C@]43C)[C@@H]12. The average Bonchev–Trinajstić information content (AvgIpc) is 3.66. The molecule has 1 aromatic carbocycles. The maximum absolute atomic E-state index is 12.3. The molecule has 5 aliphatic carbocycles. The number of nitrogens with one attached hydrogen (secondary N) is 1. The van der Waals surface area contributed by atoms with Gasteiger partial charge in [-0.25, -0.2) is 4.79 Å². The maximum Gasteiger partial charge on any atom is 0.335 e. The van der Waals surface area contributed by atoms with Gasteiger partial charge in [0, 0.05) is 32.6 Å². The van der Waals surface area contributed by atoms with Crippen molar-refractivity contribution in [2.24, 2.45) is 56.7 Å². The van der Waals surface area contributed by atoms with Gasteiger partial charge in [-0.05, 0) is 151 Å². The summed E-state index contributed by atoms with van der Waals surface area (Å²) in [6, 6.07) is 7.63. The number of nitrogens with zero attached hydrogens (tertiary/aromatic N) is 1. The number of hydrogen-bond acceptors (Lipinski definition) is 3. The monoisotopic (exact) mass is 668 g/mol. The van der Waals surface area contributed by atoms with Crippen LogP contribution in [0.4, 0.5) is 0 Å². The largest absolute Gasteiger partial charge is 0.478 e. The van der Waals surface area contributed by atoms with E-state index in [2.05, 4.69) is 57.8 Å². The molecular weight excluding hydrogens is 604 g/mol. The summed E-state index contributed by atoms with van der Waals surface area (Å²) in [5.41, 5.74) is 5.69. The van der Waals surface area contributed by atoms with Crippen molar-refractivity contribution in [2.75, 3.05) is 26.2 Å². The zero-order chi connectivity index (χ0) is 35.0. The number of amides is 1. The van der Waals surface area contributed by atoms with Gasteiger partial charge in [-0.15, -0.1) is 0 Å². The second-order valence-corrected chi connectivity index (χ2v) is 18.8. The van der Waals surface area contributed by atoms with Gasteiger partial charge >= 0.3 is 5.97 Å². The molecule has 0 bridgehead atoms. The predicted molar refractivity (Wildman–Crippen MR) is 199 cm³/mol. The first-order valence-electron chi connectivity index (χ1n) is 19.9. The number of hydrogen-bond donors (Lipinski definition) is 2. The van der Waals surface area contributed by atoms with Gasteiger partial charge in [-0.3, -0.25) is 4.79 Å². The molecular formula is C44H64N2O3. The molecule has 5 heteroatoms. The average molecular weight is 669 g/mol. The highest BCUT2D eigenvalue weighted by Gasteiger charge is 2.70. The van der Waals surface area contributed by atoms with E-state index in [1.54, 1.807) is 12.1 Å². The lowest BCUT2D eigenvalue weighted by molar-refractivity contribution is -0.225. The highest BCUT2D eigenvalue weighted by Crippen LogP contribution is 2.77. The van der Waals surface area contributed by atoms with Crippen molar-refractivity contribution >= 4 is 17.4 Å². The van der Waals surface area contributed by atoms with Gasteiger partial charge in [0.15, 0.2) is 0 Å². The number of aromatic carboxylic acids is 1. The first-order valence-corrected chi connectivity index (χ1v) is 19.9. The van der Waals surface area contributed by atoms with Crippen LogP contribution in [0.15, 0.2) is 42.5 Å². The van der Waals surface area contributed by atoms with Crippen molar-refractivity contribution in [3.8, 4) is 0 Å². The van der Waals surface area contributed by atoms with Gasteiger partial charge in [-0.2, -0.15) is 0 Å². The molecule has 5 fully saturated rings. The Morgan fingerprint density at radius 3 is 2.39 bits per heavy atom. The highest BCUT2D eigenvalue weighted by atomic mass is 16.4. The molecule has 1 aromatic rings. The zero-order valence-corrected chi connectivity index (χ0v) is 31.5. The van der Waals surface area contributed by atoms with Crippen molar-refractivity contribution in [3.05, 3.63) is 53.6 Å². The Morgan fingerprint density at radius 1 is 0.959 bits per heavy atom. The van der Waals surface area contributed by atoms with Crippen LogP contribution in [0, 0.1) is 56.7 Å². The topological polar surface area (TPSA) is 69.6 Å². The number of carboxylic acid groups (broad SMARTS) is 1. The van der Waals surface area contributed by atoms with Crippen LogP contribution in [0.5, 0.6) is 0 Å². The number of carboxylic acids is 1. The van der Waals surface area contributed by atoms with Crippen LogP contribution in [0.25, 0.3) is 5.57 Å². The lowest BCUT2D eigenvalue weighted by Gasteiger charge is -2.72. The summed E-state index contributed by atoms with van der Waals surface area (Å²) in [6.07, 6.45) is 17.0. The molecule has 268 valence electrons. The fourth-order valence-electron chi connectivity index (χ4n) is 14.1. The molecule has 6 aliphatic rings. The third kappa shape index (κ3) is 5.24. The quantitative estimate of drug-likeness (QED) is 0.203. The Morgan fingerprint density at radius 2 is 1.71 bits per heavy atom. The van der Waals surface area contributed by atoms with Gasteiger partial charge in [0.05, 0.1) is 5.56 Å². The van der Waals surface area contributed by atoms with E-state index in [0.29, 0.717) is 51.4 Å². The molecule has 49 heavy (non-hydrogen) atoms. The van der Waals surface area contributed by atoms with Crippen LogP contribution >= 0.6 is 0 Å². The molecule has 0 aromatic heterocycles. The van der Waals surface area contributed by atoms with E-state index in [1.807, 2.05) is 12.1 Å². The lowest BCUT2D eigenvalue weighted by atomic mass is 9.32. The Kier molecular flexibility index (Phi) is 8.85. The molecule has 9 atom stereocenters. The summed E-state index contributed by atoms with van der Waals surface area (Å²) in [4.78, 5) is 25.9. The molecule has 4 saturated carbocycles. The second-order valence-electron chi connectivity index (χ2n) is 18.8. The number of allylic oxidation sites excluding steroid dienone is 3. The Balaban J connectivity index is 1.16. The summed E-state index contributed by atoms with van der Waals surface area (Å²) in [5, 5.41) is 13.4. The first-order chi connectivity index (χ1) is 23.2. The zero-order valence-electron chi connectivity index (χ0n) is 31.5. The minimum absolute atomic E-state index is 0.0271. The standard InChI is InChI=1S/C44H64N2O3/c1-8-29(2)32-17-22-44(28-45-25-27-46-26-9-10-37(46)47)24-23-42(6)34(38(32)44)15-16-36-41(5)20-18-33(30-11-13-31(14-12-30)39(48)49)40(3,4)35(41)19-21-43(36,42)7/h11-14,18,32,34-36,38,45H,2,8-10,15-17,19-28H2,1,3-7H3,(H,48,49)/t32-,34+,35-,36+,38+,41-,42+,43+,44+/m0/s1. The van der Waals surface area contributed by atoms with E-state index in [-0.39, 0.29) is 10.8 Å². The van der Waals surface area contributed by atoms with Crippen molar-refractivity contribution in [1.82, 2.24) is 10.2 Å². The van der Waals surface area contributed by atoms with Crippen molar-refractivity contribution < 1.29 is 14.7 Å². The number of rotatable bonds is 9. The fraction of sp³-hybridized carbons (Fsp3) is 0.727. The maximum atomic E-state index is 12.3. The molecule has 1 saturated heterocycles. The predicted octanol–water partition coefficient (Wildman–Crippen LogP) is 9.64. The smallest absolute Gasteiger partial charge is 0.335 e. The van der Waals surface area contributed by atoms with E-state index in [4.69, 9.17) is 6.58 Å². The van der Waals surface area contributed by atoms with Crippen LogP contribution in [-0.2, 0) is 4.79 Å². The third-order valence-corrected chi connectivity index (χ3v) is 16.8. The molecule has 2 N–H and O–H groups in total. The molecule has 5 nitrogen and oxygen atoms in total. The lowest BCUT2D eigenvalue weighted by Crippen LogP contribution is -2.66. The summed E-state index contributed by atoms with van der Waals surface area (Å²) in [5.74, 6) is 2.84. The van der Waals surface area contributed by atoms with Gasteiger partial charge in [0.1, 0.15) is 0 Å². The van der Waals surface area contributed by atoms with Crippen LogP contribution in [0.1, 0.15) is 135 Å². The van der Waals surface area contributed by atoms with Crippen molar-refractivity contribution in [1.29, 1.82) is 0 Å². The Labute approximate surface area is 296 Å². The second kappa shape index (κ2) is 12.4. The van der Waals surface area contributed by atoms with Gasteiger partial charge in [0.2, 0.25) is 5.91 Å². The number of carbonyl (C=O) groups excluding carboxylic acids is 1. The molecule has 0 unspecified atom stereocenters. The summed E-state index contributed by atoms with van der Waals surface area (Å²) < 4.78 is 0. The van der Waals surface area contributed by atoms with E-state index >= 15 is 0 Å². The molecule has 1 aliphatic heterocycles. The third-order valence-electron chi connectivity index (χ3n) is 16.8. The minimum atomic E-state index is -0.860. The molecule has 7 rings (SSSR count). The normalized spacial score (nSPS) is 40.9. The van der Waals surface area contributed by atoms with E-state index in [9.17, 15) is 14.7 Å². The Hall–Kier alpha value is -2.40. The number of likely N-dealkylation sites (tertiary alicyclic amines) is 1. The molecule has 0 radical (unpaired) electrons.